The number of pyridine rings is 1. The van der Waals surface area contributed by atoms with E-state index in [4.69, 9.17) is 21.4 Å². The van der Waals surface area contributed by atoms with E-state index < -0.39 is 6.10 Å². The van der Waals surface area contributed by atoms with Crippen LogP contribution >= 0.6 is 11.6 Å². The molecule has 0 radical (unpaired) electrons. The first-order chi connectivity index (χ1) is 10.1. The summed E-state index contributed by atoms with van der Waals surface area (Å²) in [4.78, 5) is 10.3. The summed E-state index contributed by atoms with van der Waals surface area (Å²) in [5, 5.41) is 22.9. The van der Waals surface area contributed by atoms with Crippen LogP contribution in [0.15, 0.2) is 16.8 Å². The third-order valence-corrected chi connectivity index (χ3v) is 3.61. The first kappa shape index (κ1) is 13.8. The van der Waals surface area contributed by atoms with Crippen molar-refractivity contribution in [2.24, 2.45) is 0 Å². The quantitative estimate of drug-likeness (QED) is 0.899. The first-order valence-corrected chi connectivity index (χ1v) is 6.77. The normalized spacial score (nSPS) is 21.5. The molecule has 1 aliphatic rings. The van der Waals surface area contributed by atoms with Crippen molar-refractivity contribution >= 4 is 17.4 Å². The van der Waals surface area contributed by atoms with E-state index in [0.717, 1.165) is 0 Å². The molecule has 0 unspecified atom stereocenters. The smallest absolute Gasteiger partial charge is 0.249 e. The van der Waals surface area contributed by atoms with Gasteiger partial charge in [0, 0.05) is 19.2 Å². The summed E-state index contributed by atoms with van der Waals surface area (Å²) in [5.74, 6) is 1.45. The number of aromatic nitrogens is 3. The number of anilines is 1. The van der Waals surface area contributed by atoms with E-state index in [1.54, 1.807) is 13.0 Å². The van der Waals surface area contributed by atoms with Crippen molar-refractivity contribution in [1.82, 2.24) is 15.1 Å². The minimum absolute atomic E-state index is 0.279. The van der Waals surface area contributed by atoms with Gasteiger partial charge in [0.1, 0.15) is 17.9 Å². The SMILES string of the molecule is Cc1noc([C@H]2C[C@H](O)CN2c2ncc(C#N)cc2Cl)n1. The minimum Gasteiger partial charge on any atom is -0.391 e. The molecule has 3 heterocycles. The maximum absolute atomic E-state index is 9.94. The van der Waals surface area contributed by atoms with Gasteiger partial charge in [-0.3, -0.25) is 0 Å². The lowest BCUT2D eigenvalue weighted by atomic mass is 10.2. The van der Waals surface area contributed by atoms with Gasteiger partial charge in [0.15, 0.2) is 5.82 Å². The molecule has 8 heteroatoms. The molecule has 0 aromatic carbocycles. The van der Waals surface area contributed by atoms with E-state index in [-0.39, 0.29) is 6.04 Å². The van der Waals surface area contributed by atoms with Crippen molar-refractivity contribution in [2.75, 3.05) is 11.4 Å². The molecule has 0 bridgehead atoms. The summed E-state index contributed by atoms with van der Waals surface area (Å²) in [6, 6.07) is 3.25. The van der Waals surface area contributed by atoms with Crippen molar-refractivity contribution in [3.63, 3.8) is 0 Å². The molecule has 0 aliphatic carbocycles. The summed E-state index contributed by atoms with van der Waals surface area (Å²) in [6.45, 7) is 2.10. The van der Waals surface area contributed by atoms with E-state index in [0.29, 0.717) is 41.1 Å². The van der Waals surface area contributed by atoms with Gasteiger partial charge in [0.05, 0.1) is 16.7 Å². The fourth-order valence-corrected chi connectivity index (χ4v) is 2.71. The van der Waals surface area contributed by atoms with Crippen LogP contribution in [-0.4, -0.2) is 32.9 Å². The fourth-order valence-electron chi connectivity index (χ4n) is 2.43. The van der Waals surface area contributed by atoms with E-state index in [9.17, 15) is 5.11 Å². The van der Waals surface area contributed by atoms with Crippen LogP contribution in [0.4, 0.5) is 5.82 Å². The summed E-state index contributed by atoms with van der Waals surface area (Å²) in [5.41, 5.74) is 0.383. The van der Waals surface area contributed by atoms with Crippen molar-refractivity contribution in [1.29, 1.82) is 5.26 Å². The molecule has 0 saturated carbocycles. The molecule has 1 saturated heterocycles. The van der Waals surface area contributed by atoms with Crippen LogP contribution in [0, 0.1) is 18.3 Å². The highest BCUT2D eigenvalue weighted by atomic mass is 35.5. The largest absolute Gasteiger partial charge is 0.391 e. The van der Waals surface area contributed by atoms with Crippen molar-refractivity contribution in [2.45, 2.75) is 25.5 Å². The molecule has 108 valence electrons. The summed E-state index contributed by atoms with van der Waals surface area (Å²) < 4.78 is 5.20. The van der Waals surface area contributed by atoms with Crippen LogP contribution in [0.25, 0.3) is 0 Å². The Balaban J connectivity index is 1.98. The highest BCUT2D eigenvalue weighted by Crippen LogP contribution is 2.37. The number of rotatable bonds is 2. The molecule has 21 heavy (non-hydrogen) atoms. The molecule has 2 aromatic rings. The van der Waals surface area contributed by atoms with Crippen molar-refractivity contribution < 1.29 is 9.63 Å². The van der Waals surface area contributed by atoms with Gasteiger partial charge in [0.25, 0.3) is 0 Å². The molecule has 1 fully saturated rings. The van der Waals surface area contributed by atoms with Crippen LogP contribution in [0.1, 0.15) is 29.7 Å². The summed E-state index contributed by atoms with van der Waals surface area (Å²) >= 11 is 6.19. The fraction of sp³-hybridized carbons (Fsp3) is 0.385. The lowest BCUT2D eigenvalue weighted by molar-refractivity contribution is 0.191. The maximum Gasteiger partial charge on any atom is 0.249 e. The zero-order valence-electron chi connectivity index (χ0n) is 11.2. The number of halogens is 1. The van der Waals surface area contributed by atoms with E-state index in [1.807, 2.05) is 11.0 Å². The predicted octanol–water partition coefficient (Wildman–Crippen LogP) is 1.61. The summed E-state index contributed by atoms with van der Waals surface area (Å²) in [6.07, 6.45) is 1.37. The van der Waals surface area contributed by atoms with Gasteiger partial charge < -0.3 is 14.5 Å². The molecular formula is C13H12ClN5O2. The van der Waals surface area contributed by atoms with Crippen LogP contribution in [-0.2, 0) is 0 Å². The predicted molar refractivity (Wildman–Crippen MR) is 73.7 cm³/mol. The Morgan fingerprint density at radius 3 is 3.00 bits per heavy atom. The Morgan fingerprint density at radius 2 is 2.38 bits per heavy atom. The van der Waals surface area contributed by atoms with Gasteiger partial charge >= 0.3 is 0 Å². The molecule has 7 nitrogen and oxygen atoms in total. The van der Waals surface area contributed by atoms with E-state index in [1.165, 1.54) is 6.20 Å². The van der Waals surface area contributed by atoms with Crippen molar-refractivity contribution in [3.8, 4) is 6.07 Å². The highest BCUT2D eigenvalue weighted by Gasteiger charge is 2.37. The monoisotopic (exact) mass is 305 g/mol. The minimum atomic E-state index is -0.532. The van der Waals surface area contributed by atoms with Gasteiger partial charge in [-0.2, -0.15) is 10.2 Å². The van der Waals surface area contributed by atoms with Gasteiger partial charge in [-0.15, -0.1) is 0 Å². The van der Waals surface area contributed by atoms with Gasteiger partial charge in [-0.05, 0) is 13.0 Å². The molecular weight excluding hydrogens is 294 g/mol. The number of hydrogen-bond donors (Lipinski definition) is 1. The Morgan fingerprint density at radius 1 is 1.57 bits per heavy atom. The van der Waals surface area contributed by atoms with Crippen LogP contribution in [0.5, 0.6) is 0 Å². The zero-order valence-corrected chi connectivity index (χ0v) is 11.9. The average Bonchev–Trinajstić information content (AvgIpc) is 3.04. The van der Waals surface area contributed by atoms with Crippen molar-refractivity contribution in [3.05, 3.63) is 34.6 Å². The molecule has 0 spiro atoms. The van der Waals surface area contributed by atoms with Gasteiger partial charge in [-0.25, -0.2) is 4.98 Å². The number of aliphatic hydroxyl groups excluding tert-OH is 1. The Bertz CT molecular complexity index is 711. The lowest BCUT2D eigenvalue weighted by Crippen LogP contribution is -2.25. The second kappa shape index (κ2) is 5.31. The number of β-amino-alcohol motifs (C(OH)–C–C–N with tert-alkyl or cyclic N) is 1. The van der Waals surface area contributed by atoms with Gasteiger partial charge in [-0.1, -0.05) is 16.8 Å². The number of nitrogens with zero attached hydrogens (tertiary/aromatic N) is 5. The number of hydrogen-bond acceptors (Lipinski definition) is 7. The second-order valence-electron chi connectivity index (χ2n) is 4.88. The molecule has 3 rings (SSSR count). The average molecular weight is 306 g/mol. The number of aryl methyl sites for hydroxylation is 1. The molecule has 1 aliphatic heterocycles. The topological polar surface area (TPSA) is 99.1 Å². The van der Waals surface area contributed by atoms with E-state index in [2.05, 4.69) is 15.1 Å². The maximum atomic E-state index is 9.94. The van der Waals surface area contributed by atoms with Crippen LogP contribution in [0.2, 0.25) is 5.02 Å². The Kier molecular flexibility index (Phi) is 3.49. The molecule has 2 aromatic heterocycles. The molecule has 1 N–H and O–H groups in total. The van der Waals surface area contributed by atoms with Crippen LogP contribution in [0.3, 0.4) is 0 Å². The molecule has 0 amide bonds. The zero-order chi connectivity index (χ0) is 15.0. The standard InChI is InChI=1S/C13H12ClN5O2/c1-7-17-13(21-18-7)11-3-9(20)6-19(11)12-10(14)2-8(4-15)5-16-12/h2,5,9,11,20H,3,6H2,1H3/t9-,11+/m0/s1. The highest BCUT2D eigenvalue weighted by molar-refractivity contribution is 6.33. The molecule has 2 atom stereocenters. The van der Waals surface area contributed by atoms with Crippen LogP contribution < -0.4 is 4.90 Å². The Labute approximate surface area is 125 Å². The first-order valence-electron chi connectivity index (χ1n) is 6.39. The third-order valence-electron chi connectivity index (χ3n) is 3.33. The number of aliphatic hydroxyl groups is 1. The lowest BCUT2D eigenvalue weighted by Gasteiger charge is -2.23. The van der Waals surface area contributed by atoms with E-state index >= 15 is 0 Å². The van der Waals surface area contributed by atoms with Gasteiger partial charge in [0.2, 0.25) is 5.89 Å². The third kappa shape index (κ3) is 2.55. The summed E-state index contributed by atoms with van der Waals surface area (Å²) in [7, 11) is 0. The Hall–Kier alpha value is -2.17. The second-order valence-corrected chi connectivity index (χ2v) is 5.29. The number of nitriles is 1.